The van der Waals surface area contributed by atoms with Crippen molar-refractivity contribution in [3.8, 4) is 5.69 Å². The van der Waals surface area contributed by atoms with Gasteiger partial charge in [0.25, 0.3) is 0 Å². The summed E-state index contributed by atoms with van der Waals surface area (Å²) in [5.41, 5.74) is 1.77. The summed E-state index contributed by atoms with van der Waals surface area (Å²) in [5, 5.41) is 4.22. The van der Waals surface area contributed by atoms with Crippen molar-refractivity contribution in [2.45, 2.75) is 13.8 Å². The van der Waals surface area contributed by atoms with E-state index in [0.717, 1.165) is 0 Å². The van der Waals surface area contributed by atoms with Gasteiger partial charge in [-0.05, 0) is 13.8 Å². The maximum absolute atomic E-state index is 11.6. The Balaban J connectivity index is 2.34. The molecule has 6 nitrogen and oxygen atoms in total. The maximum atomic E-state index is 11.6. The summed E-state index contributed by atoms with van der Waals surface area (Å²) in [6.45, 7) is 3.87. The Bertz CT molecular complexity index is 522. The van der Waals surface area contributed by atoms with Gasteiger partial charge in [-0.1, -0.05) is 0 Å². The second-order valence-corrected chi connectivity index (χ2v) is 3.39. The molecule has 0 aromatic carbocycles. The number of ether oxygens (including phenoxy) is 1. The lowest BCUT2D eigenvalue weighted by molar-refractivity contribution is 0.0525. The molecular formula is C11H12N4O2. The standard InChI is InChI=1S/C11H12N4O2/c1-3-17-11(16)10-6-15(14-8(10)2)9-4-12-7-13-5-9/h4-7H,3H2,1-2H3. The highest BCUT2D eigenvalue weighted by Crippen LogP contribution is 2.11. The van der Waals surface area contributed by atoms with E-state index in [2.05, 4.69) is 15.1 Å². The molecule has 2 aromatic rings. The number of carbonyl (C=O) groups excluding carboxylic acids is 1. The van der Waals surface area contributed by atoms with Crippen LogP contribution in [0, 0.1) is 6.92 Å². The molecule has 0 radical (unpaired) electrons. The van der Waals surface area contributed by atoms with Gasteiger partial charge in [0.2, 0.25) is 0 Å². The number of aryl methyl sites for hydroxylation is 1. The maximum Gasteiger partial charge on any atom is 0.341 e. The van der Waals surface area contributed by atoms with Crippen molar-refractivity contribution < 1.29 is 9.53 Å². The number of rotatable bonds is 3. The first kappa shape index (κ1) is 11.3. The average molecular weight is 232 g/mol. The van der Waals surface area contributed by atoms with Crippen molar-refractivity contribution in [2.24, 2.45) is 0 Å². The van der Waals surface area contributed by atoms with E-state index < -0.39 is 0 Å². The van der Waals surface area contributed by atoms with E-state index in [0.29, 0.717) is 23.6 Å². The molecule has 0 aliphatic heterocycles. The van der Waals surface area contributed by atoms with Gasteiger partial charge in [0.05, 0.1) is 24.7 Å². The summed E-state index contributed by atoms with van der Waals surface area (Å²) < 4.78 is 6.49. The van der Waals surface area contributed by atoms with Gasteiger partial charge >= 0.3 is 5.97 Å². The molecule has 0 atom stereocenters. The van der Waals surface area contributed by atoms with Crippen LogP contribution in [0.2, 0.25) is 0 Å². The summed E-state index contributed by atoms with van der Waals surface area (Å²) in [5.74, 6) is -0.368. The average Bonchev–Trinajstić information content (AvgIpc) is 2.73. The van der Waals surface area contributed by atoms with Crippen LogP contribution in [0.15, 0.2) is 24.9 Å². The molecule has 0 unspecified atom stereocenters. The number of hydrogen-bond donors (Lipinski definition) is 0. The fourth-order valence-corrected chi connectivity index (χ4v) is 1.41. The van der Waals surface area contributed by atoms with E-state index in [1.54, 1.807) is 37.1 Å². The van der Waals surface area contributed by atoms with Gasteiger partial charge in [-0.15, -0.1) is 0 Å². The van der Waals surface area contributed by atoms with Gasteiger partial charge in [0.1, 0.15) is 17.6 Å². The van der Waals surface area contributed by atoms with Gasteiger partial charge in [0, 0.05) is 6.20 Å². The molecule has 0 amide bonds. The minimum absolute atomic E-state index is 0.345. The molecule has 0 aliphatic carbocycles. The quantitative estimate of drug-likeness (QED) is 0.742. The normalized spacial score (nSPS) is 10.2. The second-order valence-electron chi connectivity index (χ2n) is 3.39. The van der Waals surface area contributed by atoms with Crippen LogP contribution in [0.4, 0.5) is 0 Å². The highest BCUT2D eigenvalue weighted by atomic mass is 16.5. The molecule has 0 saturated heterocycles. The first-order chi connectivity index (χ1) is 8.22. The van der Waals surface area contributed by atoms with Crippen LogP contribution in [0.25, 0.3) is 5.69 Å². The Labute approximate surface area is 98.3 Å². The zero-order chi connectivity index (χ0) is 12.3. The van der Waals surface area contributed by atoms with E-state index in [9.17, 15) is 4.79 Å². The molecule has 0 N–H and O–H groups in total. The van der Waals surface area contributed by atoms with Crippen LogP contribution in [0.1, 0.15) is 23.0 Å². The second kappa shape index (κ2) is 4.73. The minimum atomic E-state index is -0.368. The number of aromatic nitrogens is 4. The third kappa shape index (κ3) is 2.30. The van der Waals surface area contributed by atoms with Gasteiger partial charge in [-0.25, -0.2) is 19.4 Å². The van der Waals surface area contributed by atoms with Crippen molar-refractivity contribution in [1.29, 1.82) is 0 Å². The molecule has 2 heterocycles. The van der Waals surface area contributed by atoms with Crippen molar-refractivity contribution in [3.05, 3.63) is 36.2 Å². The van der Waals surface area contributed by atoms with Crippen molar-refractivity contribution in [1.82, 2.24) is 19.7 Å². The van der Waals surface area contributed by atoms with Crippen molar-refractivity contribution in [2.75, 3.05) is 6.61 Å². The summed E-state index contributed by atoms with van der Waals surface area (Å²) >= 11 is 0. The first-order valence-electron chi connectivity index (χ1n) is 5.21. The Kier molecular flexibility index (Phi) is 3.13. The SMILES string of the molecule is CCOC(=O)c1cn(-c2cncnc2)nc1C. The van der Waals surface area contributed by atoms with Gasteiger partial charge in [-0.2, -0.15) is 5.10 Å². The fraction of sp³-hybridized carbons (Fsp3) is 0.273. The molecule has 2 aromatic heterocycles. The fourth-order valence-electron chi connectivity index (χ4n) is 1.41. The van der Waals surface area contributed by atoms with Gasteiger partial charge in [0.15, 0.2) is 0 Å². The lowest BCUT2D eigenvalue weighted by atomic mass is 10.3. The van der Waals surface area contributed by atoms with E-state index in [4.69, 9.17) is 4.74 Å². The van der Waals surface area contributed by atoms with Gasteiger partial charge < -0.3 is 4.74 Å². The Hall–Kier alpha value is -2.24. The predicted octanol–water partition coefficient (Wildman–Crippen LogP) is 1.15. The lowest BCUT2D eigenvalue weighted by Gasteiger charge is -1.98. The smallest absolute Gasteiger partial charge is 0.341 e. The number of nitrogens with zero attached hydrogens (tertiary/aromatic N) is 4. The molecule has 0 fully saturated rings. The van der Waals surface area contributed by atoms with Crippen LogP contribution in [0.3, 0.4) is 0 Å². The predicted molar refractivity (Wildman–Crippen MR) is 59.8 cm³/mol. The molecule has 17 heavy (non-hydrogen) atoms. The largest absolute Gasteiger partial charge is 0.462 e. The highest BCUT2D eigenvalue weighted by Gasteiger charge is 2.14. The Morgan fingerprint density at radius 3 is 2.76 bits per heavy atom. The molecule has 6 heteroatoms. The zero-order valence-corrected chi connectivity index (χ0v) is 9.62. The van der Waals surface area contributed by atoms with E-state index in [-0.39, 0.29) is 5.97 Å². The third-order valence-electron chi connectivity index (χ3n) is 2.21. The van der Waals surface area contributed by atoms with E-state index >= 15 is 0 Å². The number of hydrogen-bond acceptors (Lipinski definition) is 5. The minimum Gasteiger partial charge on any atom is -0.462 e. The monoisotopic (exact) mass is 232 g/mol. The summed E-state index contributed by atoms with van der Waals surface area (Å²) in [6, 6.07) is 0. The molecule has 0 aliphatic rings. The molecule has 88 valence electrons. The summed E-state index contributed by atoms with van der Waals surface area (Å²) in [7, 11) is 0. The summed E-state index contributed by atoms with van der Waals surface area (Å²) in [6.07, 6.45) is 6.29. The highest BCUT2D eigenvalue weighted by molar-refractivity contribution is 5.90. The van der Waals surface area contributed by atoms with Crippen molar-refractivity contribution >= 4 is 5.97 Å². The zero-order valence-electron chi connectivity index (χ0n) is 9.62. The topological polar surface area (TPSA) is 69.9 Å². The molecule has 2 rings (SSSR count). The summed E-state index contributed by atoms with van der Waals surface area (Å²) in [4.78, 5) is 19.4. The van der Waals surface area contributed by atoms with Crippen LogP contribution in [0.5, 0.6) is 0 Å². The van der Waals surface area contributed by atoms with Crippen LogP contribution < -0.4 is 0 Å². The molecular weight excluding hydrogens is 220 g/mol. The first-order valence-corrected chi connectivity index (χ1v) is 5.21. The third-order valence-corrected chi connectivity index (χ3v) is 2.21. The van der Waals surface area contributed by atoms with Crippen LogP contribution in [-0.2, 0) is 4.74 Å². The van der Waals surface area contributed by atoms with Crippen LogP contribution >= 0.6 is 0 Å². The molecule has 0 bridgehead atoms. The number of carbonyl (C=O) groups is 1. The lowest BCUT2D eigenvalue weighted by Crippen LogP contribution is -2.04. The molecule has 0 saturated carbocycles. The van der Waals surface area contributed by atoms with Crippen molar-refractivity contribution in [3.63, 3.8) is 0 Å². The Morgan fingerprint density at radius 1 is 1.41 bits per heavy atom. The number of esters is 1. The van der Waals surface area contributed by atoms with E-state index in [1.807, 2.05) is 0 Å². The van der Waals surface area contributed by atoms with Crippen LogP contribution in [-0.4, -0.2) is 32.3 Å². The Morgan fingerprint density at radius 2 is 2.12 bits per heavy atom. The van der Waals surface area contributed by atoms with Gasteiger partial charge in [-0.3, -0.25) is 0 Å². The van der Waals surface area contributed by atoms with E-state index in [1.165, 1.54) is 6.33 Å². The molecule has 0 spiro atoms.